The van der Waals surface area contributed by atoms with Crippen molar-refractivity contribution in [2.24, 2.45) is 0 Å². The highest BCUT2D eigenvalue weighted by molar-refractivity contribution is 7.92. The first-order chi connectivity index (χ1) is 14.5. The number of hydrogen-bond donors (Lipinski definition) is 4. The van der Waals surface area contributed by atoms with Crippen LogP contribution in [0.1, 0.15) is 11.1 Å². The van der Waals surface area contributed by atoms with E-state index in [1.54, 1.807) is 36.7 Å². The number of aromatic nitrogens is 1. The highest BCUT2D eigenvalue weighted by Crippen LogP contribution is 2.19. The Morgan fingerprint density at radius 1 is 0.967 bits per heavy atom. The summed E-state index contributed by atoms with van der Waals surface area (Å²) in [7, 11) is -3.78. The fraction of sp³-hybridized carbons (Fsp3) is 0.143. The molecule has 1 heterocycles. The van der Waals surface area contributed by atoms with Crippen LogP contribution in [-0.2, 0) is 23.0 Å². The van der Waals surface area contributed by atoms with Gasteiger partial charge in [-0.15, -0.1) is 0 Å². The molecule has 0 unspecified atom stereocenters. The largest absolute Gasteiger partial charge is 0.396 e. The van der Waals surface area contributed by atoms with Crippen LogP contribution in [0.15, 0.2) is 78.0 Å². The summed E-state index contributed by atoms with van der Waals surface area (Å²) in [5, 5.41) is 14.4. The molecular formula is C21H22N4O4S. The number of nitrogens with zero attached hydrogens (tertiary/aromatic N) is 1. The third-order valence-corrected chi connectivity index (χ3v) is 5.58. The van der Waals surface area contributed by atoms with Crippen LogP contribution in [0, 0.1) is 0 Å². The van der Waals surface area contributed by atoms with E-state index in [0.717, 1.165) is 11.1 Å². The zero-order chi connectivity index (χ0) is 21.4. The predicted octanol–water partition coefficient (Wildman–Crippen LogP) is 2.74. The topological polar surface area (TPSA) is 120 Å². The third kappa shape index (κ3) is 6.03. The highest BCUT2D eigenvalue weighted by atomic mass is 32.2. The minimum Gasteiger partial charge on any atom is -0.396 e. The van der Waals surface area contributed by atoms with Gasteiger partial charge in [0.25, 0.3) is 10.0 Å². The van der Waals surface area contributed by atoms with Crippen LogP contribution in [0.25, 0.3) is 0 Å². The molecule has 0 aliphatic heterocycles. The second-order valence-corrected chi connectivity index (χ2v) is 8.16. The van der Waals surface area contributed by atoms with Crippen molar-refractivity contribution in [3.63, 3.8) is 0 Å². The van der Waals surface area contributed by atoms with E-state index >= 15 is 0 Å². The fourth-order valence-corrected chi connectivity index (χ4v) is 3.76. The van der Waals surface area contributed by atoms with E-state index in [-0.39, 0.29) is 11.5 Å². The van der Waals surface area contributed by atoms with Crippen molar-refractivity contribution in [1.29, 1.82) is 0 Å². The molecule has 3 rings (SSSR count). The molecule has 2 amide bonds. The van der Waals surface area contributed by atoms with E-state index in [1.807, 2.05) is 12.1 Å². The molecule has 0 radical (unpaired) electrons. The van der Waals surface area contributed by atoms with Gasteiger partial charge < -0.3 is 15.7 Å². The second kappa shape index (κ2) is 9.86. The first kappa shape index (κ1) is 21.3. The number of sulfonamides is 1. The summed E-state index contributed by atoms with van der Waals surface area (Å²) in [5.41, 5.74) is 2.57. The number of benzene rings is 2. The van der Waals surface area contributed by atoms with Gasteiger partial charge in [-0.2, -0.15) is 0 Å². The molecule has 0 atom stereocenters. The van der Waals surface area contributed by atoms with Gasteiger partial charge in [0, 0.05) is 36.9 Å². The Hall–Kier alpha value is -3.43. The molecule has 0 saturated heterocycles. The van der Waals surface area contributed by atoms with E-state index < -0.39 is 16.1 Å². The molecule has 156 valence electrons. The quantitative estimate of drug-likeness (QED) is 0.441. The molecule has 8 nitrogen and oxygen atoms in total. The van der Waals surface area contributed by atoms with Gasteiger partial charge in [-0.05, 0) is 60.0 Å². The Balaban J connectivity index is 1.60. The van der Waals surface area contributed by atoms with Crippen LogP contribution < -0.4 is 15.4 Å². The van der Waals surface area contributed by atoms with E-state index in [0.29, 0.717) is 24.3 Å². The van der Waals surface area contributed by atoms with Crippen LogP contribution in [0.5, 0.6) is 0 Å². The number of hydrogen-bond acceptors (Lipinski definition) is 5. The first-order valence-electron chi connectivity index (χ1n) is 9.23. The molecule has 0 spiro atoms. The molecule has 30 heavy (non-hydrogen) atoms. The number of carbonyl (C=O) groups is 1. The van der Waals surface area contributed by atoms with Crippen molar-refractivity contribution in [2.75, 3.05) is 16.6 Å². The Bertz CT molecular complexity index is 1090. The van der Waals surface area contributed by atoms with Crippen LogP contribution in [0.4, 0.5) is 16.2 Å². The van der Waals surface area contributed by atoms with Gasteiger partial charge in [-0.3, -0.25) is 9.71 Å². The number of pyridine rings is 1. The van der Waals surface area contributed by atoms with Crippen molar-refractivity contribution in [2.45, 2.75) is 17.9 Å². The maximum Gasteiger partial charge on any atom is 0.319 e. The van der Waals surface area contributed by atoms with Crippen molar-refractivity contribution >= 4 is 27.4 Å². The number of urea groups is 1. The van der Waals surface area contributed by atoms with Gasteiger partial charge in [-0.1, -0.05) is 18.2 Å². The number of nitrogens with one attached hydrogen (secondary N) is 3. The molecule has 0 bridgehead atoms. The second-order valence-electron chi connectivity index (χ2n) is 6.47. The minimum atomic E-state index is -3.78. The van der Waals surface area contributed by atoms with Gasteiger partial charge in [0.1, 0.15) is 0 Å². The Labute approximate surface area is 175 Å². The maximum absolute atomic E-state index is 12.6. The summed E-state index contributed by atoms with van der Waals surface area (Å²) < 4.78 is 27.7. The normalized spacial score (nSPS) is 11.0. The van der Waals surface area contributed by atoms with Gasteiger partial charge >= 0.3 is 6.03 Å². The van der Waals surface area contributed by atoms with E-state index in [4.69, 9.17) is 5.11 Å². The molecule has 0 fully saturated rings. The smallest absolute Gasteiger partial charge is 0.319 e. The van der Waals surface area contributed by atoms with E-state index in [2.05, 4.69) is 20.3 Å². The monoisotopic (exact) mass is 426 g/mol. The highest BCUT2D eigenvalue weighted by Gasteiger charge is 2.14. The SMILES string of the molecule is O=C(NCc1cccnc1)Nc1ccc(S(=O)(=O)Nc2cccc(CCO)c2)cc1. The predicted molar refractivity (Wildman–Crippen MR) is 115 cm³/mol. The third-order valence-electron chi connectivity index (χ3n) is 4.18. The minimum absolute atomic E-state index is 0.0134. The van der Waals surface area contributed by atoms with Gasteiger partial charge in [0.2, 0.25) is 0 Å². The number of anilines is 2. The molecule has 0 aliphatic carbocycles. The fourth-order valence-electron chi connectivity index (χ4n) is 2.71. The molecule has 4 N–H and O–H groups in total. The van der Waals surface area contributed by atoms with Crippen molar-refractivity contribution in [1.82, 2.24) is 10.3 Å². The molecule has 0 saturated carbocycles. The number of amides is 2. The average molecular weight is 426 g/mol. The van der Waals surface area contributed by atoms with E-state index in [9.17, 15) is 13.2 Å². The molecule has 3 aromatic rings. The summed E-state index contributed by atoms with van der Waals surface area (Å²) in [4.78, 5) is 16.0. The lowest BCUT2D eigenvalue weighted by molar-refractivity contribution is 0.251. The zero-order valence-corrected chi connectivity index (χ0v) is 16.9. The summed E-state index contributed by atoms with van der Waals surface area (Å²) in [5.74, 6) is 0. The Morgan fingerprint density at radius 3 is 2.43 bits per heavy atom. The standard InChI is InChI=1S/C21H22N4O4S/c26-12-10-16-3-1-5-19(13-16)25-30(28,29)20-8-6-18(7-9-20)24-21(27)23-15-17-4-2-11-22-14-17/h1-9,11,13-14,25-26H,10,12,15H2,(H2,23,24,27). The van der Waals surface area contributed by atoms with Crippen LogP contribution in [-0.4, -0.2) is 31.1 Å². The number of aliphatic hydroxyl groups excluding tert-OH is 1. The Morgan fingerprint density at radius 2 is 1.73 bits per heavy atom. The van der Waals surface area contributed by atoms with Crippen LogP contribution in [0.3, 0.4) is 0 Å². The molecule has 9 heteroatoms. The number of rotatable bonds is 8. The molecule has 1 aromatic heterocycles. The number of aliphatic hydroxyl groups is 1. The summed E-state index contributed by atoms with van der Waals surface area (Å²) in [6, 6.07) is 15.9. The summed E-state index contributed by atoms with van der Waals surface area (Å²) in [6.45, 7) is 0.311. The first-order valence-corrected chi connectivity index (χ1v) is 10.7. The lowest BCUT2D eigenvalue weighted by Crippen LogP contribution is -2.28. The average Bonchev–Trinajstić information content (AvgIpc) is 2.74. The van der Waals surface area contributed by atoms with Crippen molar-refractivity contribution in [3.8, 4) is 0 Å². The van der Waals surface area contributed by atoms with Gasteiger partial charge in [0.05, 0.1) is 4.90 Å². The van der Waals surface area contributed by atoms with Crippen molar-refractivity contribution < 1.29 is 18.3 Å². The zero-order valence-electron chi connectivity index (χ0n) is 16.1. The lowest BCUT2D eigenvalue weighted by atomic mass is 10.1. The summed E-state index contributed by atoms with van der Waals surface area (Å²) in [6.07, 6.45) is 3.76. The maximum atomic E-state index is 12.6. The van der Waals surface area contributed by atoms with Crippen LogP contribution >= 0.6 is 0 Å². The lowest BCUT2D eigenvalue weighted by Gasteiger charge is -2.11. The summed E-state index contributed by atoms with van der Waals surface area (Å²) >= 11 is 0. The van der Waals surface area contributed by atoms with Crippen LogP contribution in [0.2, 0.25) is 0 Å². The Kier molecular flexibility index (Phi) is 6.99. The van der Waals surface area contributed by atoms with Crippen molar-refractivity contribution in [3.05, 3.63) is 84.2 Å². The number of carbonyl (C=O) groups excluding carboxylic acids is 1. The van der Waals surface area contributed by atoms with Gasteiger partial charge in [-0.25, -0.2) is 13.2 Å². The van der Waals surface area contributed by atoms with E-state index in [1.165, 1.54) is 24.3 Å². The molecule has 0 aliphatic rings. The molecule has 2 aromatic carbocycles. The van der Waals surface area contributed by atoms with Gasteiger partial charge in [0.15, 0.2) is 0 Å². The molecular weight excluding hydrogens is 404 g/mol.